The molecule has 0 heterocycles. The fourth-order valence-electron chi connectivity index (χ4n) is 2.42. The van der Waals surface area contributed by atoms with Crippen LogP contribution in [0.1, 0.15) is 17.0 Å². The first-order valence-corrected chi connectivity index (χ1v) is 7.50. The number of hydrogen-bond donors (Lipinski definition) is 2. The van der Waals surface area contributed by atoms with E-state index in [1.165, 1.54) is 0 Å². The SMILES string of the molecule is Cl.N[C@@H]1Cc2ccccc2[C@H]1CS(=O)(=O)CCO. The van der Waals surface area contributed by atoms with E-state index in [-0.39, 0.29) is 42.5 Å². The van der Waals surface area contributed by atoms with Crippen LogP contribution in [0.4, 0.5) is 0 Å². The normalized spacial score (nSPS) is 22.3. The second-order valence-corrected chi connectivity index (χ2v) is 6.74. The highest BCUT2D eigenvalue weighted by atomic mass is 35.5. The molecule has 0 spiro atoms. The predicted octanol–water partition coefficient (Wildman–Crippen LogP) is 0.482. The molecule has 1 aromatic rings. The summed E-state index contributed by atoms with van der Waals surface area (Å²) in [6.07, 6.45) is 0.732. The Labute approximate surface area is 114 Å². The molecule has 18 heavy (non-hydrogen) atoms. The number of aliphatic hydroxyl groups is 1. The van der Waals surface area contributed by atoms with Crippen molar-refractivity contribution >= 4 is 22.2 Å². The first kappa shape index (κ1) is 15.4. The molecule has 2 atom stereocenters. The van der Waals surface area contributed by atoms with Crippen LogP contribution >= 0.6 is 12.4 Å². The second-order valence-electron chi connectivity index (χ2n) is 4.51. The van der Waals surface area contributed by atoms with Crippen molar-refractivity contribution in [1.29, 1.82) is 0 Å². The lowest BCUT2D eigenvalue weighted by molar-refractivity contribution is 0.319. The fourth-order valence-corrected chi connectivity index (χ4v) is 3.84. The van der Waals surface area contributed by atoms with Crippen molar-refractivity contribution in [3.8, 4) is 0 Å². The molecule has 102 valence electrons. The standard InChI is InChI=1S/C12H17NO3S.ClH/c13-12-7-9-3-1-2-4-10(9)11(12)8-17(15,16)6-5-14;/h1-4,11-12,14H,5-8,13H2;1H/t11-,12-;/m1./s1. The van der Waals surface area contributed by atoms with Crippen molar-refractivity contribution in [2.45, 2.75) is 18.4 Å². The van der Waals surface area contributed by atoms with E-state index >= 15 is 0 Å². The number of fused-ring (bicyclic) bond motifs is 1. The van der Waals surface area contributed by atoms with Gasteiger partial charge in [-0.2, -0.15) is 0 Å². The van der Waals surface area contributed by atoms with Gasteiger partial charge in [-0.05, 0) is 17.5 Å². The van der Waals surface area contributed by atoms with Crippen LogP contribution in [0.25, 0.3) is 0 Å². The van der Waals surface area contributed by atoms with E-state index in [9.17, 15) is 8.42 Å². The topological polar surface area (TPSA) is 80.4 Å². The third-order valence-corrected chi connectivity index (χ3v) is 4.93. The highest BCUT2D eigenvalue weighted by Crippen LogP contribution is 2.33. The fraction of sp³-hybridized carbons (Fsp3) is 0.500. The van der Waals surface area contributed by atoms with Crippen molar-refractivity contribution in [1.82, 2.24) is 0 Å². The minimum atomic E-state index is -3.22. The third kappa shape index (κ3) is 3.23. The van der Waals surface area contributed by atoms with Gasteiger partial charge in [-0.15, -0.1) is 12.4 Å². The molecule has 0 fully saturated rings. The smallest absolute Gasteiger partial charge is 0.153 e. The van der Waals surface area contributed by atoms with Crippen molar-refractivity contribution in [3.63, 3.8) is 0 Å². The van der Waals surface area contributed by atoms with Gasteiger partial charge in [0.1, 0.15) is 0 Å². The molecule has 1 aliphatic rings. The summed E-state index contributed by atoms with van der Waals surface area (Å²) in [6, 6.07) is 7.65. The van der Waals surface area contributed by atoms with Crippen molar-refractivity contribution in [2.75, 3.05) is 18.1 Å². The van der Waals surface area contributed by atoms with E-state index in [0.717, 1.165) is 17.5 Å². The predicted molar refractivity (Wildman–Crippen MR) is 73.9 cm³/mol. The number of rotatable bonds is 4. The molecular formula is C12H18ClNO3S. The minimum Gasteiger partial charge on any atom is -0.395 e. The van der Waals surface area contributed by atoms with Gasteiger partial charge < -0.3 is 10.8 Å². The molecular weight excluding hydrogens is 274 g/mol. The lowest BCUT2D eigenvalue weighted by Gasteiger charge is -2.16. The highest BCUT2D eigenvalue weighted by molar-refractivity contribution is 7.91. The van der Waals surface area contributed by atoms with Crippen LogP contribution in [0.2, 0.25) is 0 Å². The Kier molecular flexibility index (Phi) is 5.16. The van der Waals surface area contributed by atoms with Crippen molar-refractivity contribution in [3.05, 3.63) is 35.4 Å². The molecule has 0 aliphatic heterocycles. The Balaban J connectivity index is 0.00000162. The molecule has 1 aliphatic carbocycles. The molecule has 0 radical (unpaired) electrons. The van der Waals surface area contributed by atoms with E-state index < -0.39 is 9.84 Å². The van der Waals surface area contributed by atoms with Crippen LogP contribution in [0, 0.1) is 0 Å². The van der Waals surface area contributed by atoms with Crippen LogP contribution in [-0.4, -0.2) is 37.7 Å². The average Bonchev–Trinajstić information content (AvgIpc) is 2.55. The summed E-state index contributed by atoms with van der Waals surface area (Å²) in [4.78, 5) is 0. The lowest BCUT2D eigenvalue weighted by atomic mass is 10.0. The maximum Gasteiger partial charge on any atom is 0.153 e. The number of aliphatic hydroxyl groups excluding tert-OH is 1. The molecule has 3 N–H and O–H groups in total. The number of benzene rings is 1. The number of hydrogen-bond acceptors (Lipinski definition) is 4. The first-order valence-electron chi connectivity index (χ1n) is 5.68. The largest absolute Gasteiger partial charge is 0.395 e. The van der Waals surface area contributed by atoms with Gasteiger partial charge in [-0.1, -0.05) is 24.3 Å². The molecule has 0 saturated carbocycles. The Morgan fingerprint density at radius 2 is 2.00 bits per heavy atom. The first-order chi connectivity index (χ1) is 8.03. The van der Waals surface area contributed by atoms with Gasteiger partial charge in [0, 0.05) is 12.0 Å². The van der Waals surface area contributed by atoms with Gasteiger partial charge in [-0.25, -0.2) is 8.42 Å². The Hall–Kier alpha value is -0.620. The average molecular weight is 292 g/mol. The van der Waals surface area contributed by atoms with Crippen LogP contribution in [0.15, 0.2) is 24.3 Å². The summed E-state index contributed by atoms with van der Waals surface area (Å²) >= 11 is 0. The zero-order chi connectivity index (χ0) is 12.5. The molecule has 0 saturated heterocycles. The Morgan fingerprint density at radius 1 is 1.33 bits per heavy atom. The third-order valence-electron chi connectivity index (χ3n) is 3.26. The maximum absolute atomic E-state index is 11.7. The zero-order valence-corrected chi connectivity index (χ0v) is 11.6. The van der Waals surface area contributed by atoms with Crippen LogP contribution in [-0.2, 0) is 16.3 Å². The number of halogens is 1. The molecule has 6 heteroatoms. The second kappa shape index (κ2) is 6.02. The van der Waals surface area contributed by atoms with Crippen LogP contribution in [0.3, 0.4) is 0 Å². The summed E-state index contributed by atoms with van der Waals surface area (Å²) in [5, 5.41) is 8.73. The van der Waals surface area contributed by atoms with Gasteiger partial charge in [0.2, 0.25) is 0 Å². The summed E-state index contributed by atoms with van der Waals surface area (Å²) in [6.45, 7) is -0.327. The van der Waals surface area contributed by atoms with Gasteiger partial charge in [0.25, 0.3) is 0 Å². The lowest BCUT2D eigenvalue weighted by Crippen LogP contribution is -2.31. The number of nitrogens with two attached hydrogens (primary N) is 1. The molecule has 1 aromatic carbocycles. The van der Waals surface area contributed by atoms with E-state index in [1.807, 2.05) is 24.3 Å². The Morgan fingerprint density at radius 3 is 2.67 bits per heavy atom. The highest BCUT2D eigenvalue weighted by Gasteiger charge is 2.32. The number of sulfone groups is 1. The van der Waals surface area contributed by atoms with Crippen molar-refractivity contribution < 1.29 is 13.5 Å². The molecule has 4 nitrogen and oxygen atoms in total. The van der Waals surface area contributed by atoms with E-state index in [1.54, 1.807) is 0 Å². The molecule has 2 rings (SSSR count). The maximum atomic E-state index is 11.7. The van der Waals surface area contributed by atoms with Gasteiger partial charge in [0.15, 0.2) is 9.84 Å². The summed E-state index contributed by atoms with van der Waals surface area (Å²) in [5.74, 6) is -0.285. The minimum absolute atomic E-state index is 0. The molecule has 0 aromatic heterocycles. The molecule has 0 amide bonds. The van der Waals surface area contributed by atoms with Crippen molar-refractivity contribution in [2.24, 2.45) is 5.73 Å². The van der Waals surface area contributed by atoms with Gasteiger partial charge in [0.05, 0.1) is 18.1 Å². The Bertz CT molecular complexity index is 504. The summed E-state index contributed by atoms with van der Waals surface area (Å²) < 4.78 is 23.5. The van der Waals surface area contributed by atoms with E-state index in [4.69, 9.17) is 10.8 Å². The van der Waals surface area contributed by atoms with Gasteiger partial charge in [-0.3, -0.25) is 0 Å². The summed E-state index contributed by atoms with van der Waals surface area (Å²) in [5.41, 5.74) is 8.19. The van der Waals surface area contributed by atoms with Crippen LogP contribution in [0.5, 0.6) is 0 Å². The summed E-state index contributed by atoms with van der Waals surface area (Å²) in [7, 11) is -3.22. The van der Waals surface area contributed by atoms with E-state index in [2.05, 4.69) is 0 Å². The monoisotopic (exact) mass is 291 g/mol. The van der Waals surface area contributed by atoms with E-state index in [0.29, 0.717) is 0 Å². The van der Waals surface area contributed by atoms with Crippen LogP contribution < -0.4 is 5.73 Å². The van der Waals surface area contributed by atoms with Gasteiger partial charge >= 0.3 is 0 Å². The molecule has 0 bridgehead atoms. The molecule has 0 unspecified atom stereocenters. The quantitative estimate of drug-likeness (QED) is 0.846. The zero-order valence-electron chi connectivity index (χ0n) is 9.95.